The van der Waals surface area contributed by atoms with E-state index < -0.39 is 0 Å². The number of amides is 1. The van der Waals surface area contributed by atoms with Gasteiger partial charge in [-0.05, 0) is 37.5 Å². The number of ether oxygens (including phenoxy) is 1. The second-order valence-electron chi connectivity index (χ2n) is 6.60. The van der Waals surface area contributed by atoms with Crippen LogP contribution in [-0.4, -0.2) is 56.9 Å². The van der Waals surface area contributed by atoms with E-state index in [2.05, 4.69) is 20.9 Å². The van der Waals surface area contributed by atoms with Crippen LogP contribution in [0.15, 0.2) is 29.3 Å². The number of hydrogen-bond donors (Lipinski definition) is 4. The highest BCUT2D eigenvalue weighted by molar-refractivity contribution is 14.0. The number of carbonyl (C=O) groups is 1. The monoisotopic (exact) mass is 490 g/mol. The summed E-state index contributed by atoms with van der Waals surface area (Å²) in [5, 5.41) is 18.6. The lowest BCUT2D eigenvalue weighted by Gasteiger charge is -2.27. The minimum absolute atomic E-state index is 0. The van der Waals surface area contributed by atoms with Gasteiger partial charge in [-0.25, -0.2) is 4.99 Å². The molecular formula is C19H31IN4O3. The van der Waals surface area contributed by atoms with Crippen molar-refractivity contribution in [1.82, 2.24) is 16.0 Å². The predicted octanol–water partition coefficient (Wildman–Crippen LogP) is 1.51. The van der Waals surface area contributed by atoms with Crippen molar-refractivity contribution in [2.24, 2.45) is 10.4 Å². The normalized spacial score (nSPS) is 19.3. The quantitative estimate of drug-likeness (QED) is 0.252. The highest BCUT2D eigenvalue weighted by Gasteiger charge is 2.34. The van der Waals surface area contributed by atoms with Crippen LogP contribution in [0.1, 0.15) is 35.7 Å². The van der Waals surface area contributed by atoms with E-state index >= 15 is 0 Å². The summed E-state index contributed by atoms with van der Waals surface area (Å²) in [7, 11) is 1.62. The van der Waals surface area contributed by atoms with Crippen LogP contribution in [0.4, 0.5) is 0 Å². The molecule has 0 saturated carbocycles. The Morgan fingerprint density at radius 2 is 2.19 bits per heavy atom. The molecule has 1 atom stereocenters. The van der Waals surface area contributed by atoms with E-state index in [-0.39, 0.29) is 41.9 Å². The van der Waals surface area contributed by atoms with Gasteiger partial charge in [0.2, 0.25) is 0 Å². The van der Waals surface area contributed by atoms with Crippen molar-refractivity contribution in [3.8, 4) is 0 Å². The Kier molecular flexibility index (Phi) is 10.6. The Morgan fingerprint density at radius 3 is 2.81 bits per heavy atom. The van der Waals surface area contributed by atoms with Crippen molar-refractivity contribution in [3.63, 3.8) is 0 Å². The van der Waals surface area contributed by atoms with Gasteiger partial charge in [-0.1, -0.05) is 12.1 Å². The van der Waals surface area contributed by atoms with Gasteiger partial charge in [0.15, 0.2) is 5.96 Å². The molecule has 8 heteroatoms. The van der Waals surface area contributed by atoms with Crippen molar-refractivity contribution < 1.29 is 14.6 Å². The highest BCUT2D eigenvalue weighted by atomic mass is 127. The van der Waals surface area contributed by atoms with Crippen LogP contribution in [0.25, 0.3) is 0 Å². The van der Waals surface area contributed by atoms with E-state index in [0.717, 1.165) is 31.1 Å². The Bertz CT molecular complexity index is 619. The van der Waals surface area contributed by atoms with Gasteiger partial charge in [0.25, 0.3) is 5.91 Å². The fourth-order valence-corrected chi connectivity index (χ4v) is 3.05. The largest absolute Gasteiger partial charge is 0.396 e. The van der Waals surface area contributed by atoms with Crippen molar-refractivity contribution in [1.29, 1.82) is 0 Å². The van der Waals surface area contributed by atoms with E-state index in [1.807, 2.05) is 25.1 Å². The number of halogens is 1. The third-order valence-electron chi connectivity index (χ3n) is 4.64. The Balaban J connectivity index is 0.00000364. The van der Waals surface area contributed by atoms with Crippen LogP contribution in [0.3, 0.4) is 0 Å². The Morgan fingerprint density at radius 1 is 1.37 bits per heavy atom. The molecule has 0 aliphatic carbocycles. The van der Waals surface area contributed by atoms with E-state index in [9.17, 15) is 9.90 Å². The third kappa shape index (κ3) is 7.27. The maximum absolute atomic E-state index is 11.7. The van der Waals surface area contributed by atoms with Gasteiger partial charge >= 0.3 is 0 Å². The lowest BCUT2D eigenvalue weighted by Crippen LogP contribution is -2.44. The number of aliphatic hydroxyl groups is 1. The summed E-state index contributed by atoms with van der Waals surface area (Å²) in [5.74, 6) is 0.620. The summed E-state index contributed by atoms with van der Waals surface area (Å²) in [6.07, 6.45) is 1.65. The van der Waals surface area contributed by atoms with E-state index in [4.69, 9.17) is 4.74 Å². The van der Waals surface area contributed by atoms with Crippen molar-refractivity contribution >= 4 is 35.8 Å². The van der Waals surface area contributed by atoms with Crippen LogP contribution in [0.2, 0.25) is 0 Å². The molecule has 1 unspecified atom stereocenters. The molecule has 152 valence electrons. The zero-order chi connectivity index (χ0) is 18.8. The predicted molar refractivity (Wildman–Crippen MR) is 118 cm³/mol. The molecule has 1 aromatic rings. The number of nitrogens with one attached hydrogen (secondary N) is 3. The number of hydrogen-bond acceptors (Lipinski definition) is 4. The first-order chi connectivity index (χ1) is 12.6. The summed E-state index contributed by atoms with van der Waals surface area (Å²) in [6.45, 7) is 5.52. The first kappa shape index (κ1) is 23.6. The summed E-state index contributed by atoms with van der Waals surface area (Å²) < 4.78 is 5.53. The summed E-state index contributed by atoms with van der Waals surface area (Å²) in [6, 6.07) is 7.46. The minimum atomic E-state index is -0.104. The molecule has 0 radical (unpaired) electrons. The van der Waals surface area contributed by atoms with Crippen molar-refractivity contribution in [3.05, 3.63) is 35.4 Å². The topological polar surface area (TPSA) is 95.0 Å². The van der Waals surface area contributed by atoms with Gasteiger partial charge in [0, 0.05) is 44.3 Å². The van der Waals surface area contributed by atoms with Crippen LogP contribution in [0.5, 0.6) is 0 Å². The van der Waals surface area contributed by atoms with Crippen LogP contribution < -0.4 is 16.0 Å². The Hall–Kier alpha value is -1.39. The van der Waals surface area contributed by atoms with Gasteiger partial charge in [-0.3, -0.25) is 4.79 Å². The molecule has 1 amide bonds. The summed E-state index contributed by atoms with van der Waals surface area (Å²) in [5.41, 5.74) is 1.56. The van der Waals surface area contributed by atoms with Crippen LogP contribution in [-0.2, 0) is 11.3 Å². The van der Waals surface area contributed by atoms with Crippen molar-refractivity contribution in [2.75, 3.05) is 40.0 Å². The molecule has 0 bridgehead atoms. The fraction of sp³-hybridized carbons (Fsp3) is 0.579. The van der Waals surface area contributed by atoms with Crippen molar-refractivity contribution in [2.45, 2.75) is 26.3 Å². The third-order valence-corrected chi connectivity index (χ3v) is 4.64. The number of guanidine groups is 1. The smallest absolute Gasteiger partial charge is 0.251 e. The number of rotatable bonds is 8. The maximum atomic E-state index is 11.7. The standard InChI is InChI=1S/C19H30N4O3.HI/c1-3-21-18(23-13-19(7-9-24)8-10-26-14-19)22-12-15-5-4-6-16(11-15)17(25)20-2;/h4-6,11,24H,3,7-10,12-14H2,1-2H3,(H,20,25)(H2,21,22,23);1H. The Labute approximate surface area is 178 Å². The zero-order valence-corrected chi connectivity index (χ0v) is 18.4. The second-order valence-corrected chi connectivity index (χ2v) is 6.60. The second kappa shape index (κ2) is 12.1. The molecule has 7 nitrogen and oxygen atoms in total. The molecule has 1 heterocycles. The van der Waals surface area contributed by atoms with Gasteiger partial charge in [0.05, 0.1) is 13.2 Å². The van der Waals surface area contributed by atoms with Crippen LogP contribution >= 0.6 is 24.0 Å². The minimum Gasteiger partial charge on any atom is -0.396 e. The maximum Gasteiger partial charge on any atom is 0.251 e. The van der Waals surface area contributed by atoms with Gasteiger partial charge in [-0.15, -0.1) is 24.0 Å². The van der Waals surface area contributed by atoms with E-state index in [1.54, 1.807) is 13.1 Å². The molecule has 1 aliphatic rings. The molecule has 1 aromatic carbocycles. The molecule has 2 rings (SSSR count). The van der Waals surface area contributed by atoms with E-state index in [1.165, 1.54) is 0 Å². The lowest BCUT2D eigenvalue weighted by molar-refractivity contribution is 0.0963. The van der Waals surface area contributed by atoms with E-state index in [0.29, 0.717) is 31.7 Å². The molecule has 1 saturated heterocycles. The summed E-state index contributed by atoms with van der Waals surface area (Å²) >= 11 is 0. The number of carbonyl (C=O) groups excluding carboxylic acids is 1. The van der Waals surface area contributed by atoms with Gasteiger partial charge in [0.1, 0.15) is 0 Å². The fourth-order valence-electron chi connectivity index (χ4n) is 3.05. The molecule has 1 aliphatic heterocycles. The molecular weight excluding hydrogens is 459 g/mol. The lowest BCUT2D eigenvalue weighted by atomic mass is 9.84. The van der Waals surface area contributed by atoms with Gasteiger partial charge in [-0.2, -0.15) is 0 Å². The first-order valence-corrected chi connectivity index (χ1v) is 9.14. The number of aliphatic hydroxyl groups excluding tert-OH is 1. The first-order valence-electron chi connectivity index (χ1n) is 9.14. The van der Waals surface area contributed by atoms with Crippen LogP contribution in [0, 0.1) is 5.41 Å². The highest BCUT2D eigenvalue weighted by Crippen LogP contribution is 2.31. The van der Waals surface area contributed by atoms with Gasteiger partial charge < -0.3 is 25.8 Å². The molecule has 4 N–H and O–H groups in total. The molecule has 1 fully saturated rings. The number of nitrogens with zero attached hydrogens (tertiary/aromatic N) is 1. The average Bonchev–Trinajstić information content (AvgIpc) is 3.12. The zero-order valence-electron chi connectivity index (χ0n) is 16.1. The average molecular weight is 490 g/mol. The molecule has 0 spiro atoms. The SMILES string of the molecule is CCNC(=NCc1cccc(C(=O)NC)c1)NCC1(CCO)CCOC1.I. The molecule has 27 heavy (non-hydrogen) atoms. The molecule has 0 aromatic heterocycles. The summed E-state index contributed by atoms with van der Waals surface area (Å²) in [4.78, 5) is 16.4. The number of benzene rings is 1. The number of aliphatic imine (C=N–C) groups is 1.